The smallest absolute Gasteiger partial charge is 0.243 e. The molecule has 0 aliphatic carbocycles. The van der Waals surface area contributed by atoms with Crippen LogP contribution < -0.4 is 5.32 Å². The first-order valence-corrected chi connectivity index (χ1v) is 5.20. The molecule has 0 bridgehead atoms. The fraction of sp³-hybridized carbons (Fsp3) is 0.667. The molecule has 0 aromatic rings. The lowest BCUT2D eigenvalue weighted by atomic mass is 10.1. The molecule has 70 valence electrons. The van der Waals surface area contributed by atoms with Gasteiger partial charge in [0, 0.05) is 11.3 Å². The third kappa shape index (κ3) is 5.24. The maximum atomic E-state index is 10.8. The van der Waals surface area contributed by atoms with Crippen LogP contribution in [0.15, 0.2) is 12.7 Å². The monoisotopic (exact) mass is 187 g/mol. The normalized spacial score (nSPS) is 10.9. The third-order valence-electron chi connectivity index (χ3n) is 1.76. The van der Waals surface area contributed by atoms with E-state index in [-0.39, 0.29) is 10.7 Å². The summed E-state index contributed by atoms with van der Waals surface area (Å²) in [7, 11) is 0. The van der Waals surface area contributed by atoms with E-state index in [9.17, 15) is 4.79 Å². The maximum absolute atomic E-state index is 10.8. The van der Waals surface area contributed by atoms with Gasteiger partial charge in [0.25, 0.3) is 0 Å². The molecule has 1 N–H and O–H groups in total. The van der Waals surface area contributed by atoms with Crippen LogP contribution in [0.3, 0.4) is 0 Å². The molecule has 3 heteroatoms. The molecule has 0 fully saturated rings. The standard InChI is InChI=1S/C9H17NOS/c1-5-8(11)10-7-6-9(2,3)12-4/h5H,1,6-7H2,2-4H3,(H,10,11). The summed E-state index contributed by atoms with van der Waals surface area (Å²) in [5.74, 6) is -0.0908. The minimum atomic E-state index is -0.0908. The van der Waals surface area contributed by atoms with Crippen molar-refractivity contribution in [2.45, 2.75) is 25.0 Å². The molecule has 0 unspecified atom stereocenters. The molecule has 0 aliphatic rings. The van der Waals surface area contributed by atoms with Crippen molar-refractivity contribution in [3.8, 4) is 0 Å². The second-order valence-corrected chi connectivity index (χ2v) is 4.72. The Morgan fingerprint density at radius 3 is 2.67 bits per heavy atom. The highest BCUT2D eigenvalue weighted by Gasteiger charge is 2.14. The van der Waals surface area contributed by atoms with Gasteiger partial charge < -0.3 is 5.32 Å². The van der Waals surface area contributed by atoms with Crippen LogP contribution in [0.4, 0.5) is 0 Å². The third-order valence-corrected chi connectivity index (χ3v) is 3.07. The Kier molecular flexibility index (Phi) is 5.06. The number of thioether (sulfide) groups is 1. The highest BCUT2D eigenvalue weighted by molar-refractivity contribution is 7.99. The largest absolute Gasteiger partial charge is 0.353 e. The van der Waals surface area contributed by atoms with Crippen molar-refractivity contribution in [2.24, 2.45) is 0 Å². The molecule has 0 aromatic heterocycles. The highest BCUT2D eigenvalue weighted by atomic mass is 32.2. The first kappa shape index (κ1) is 11.6. The summed E-state index contributed by atoms with van der Waals surface area (Å²) < 4.78 is 0.244. The Labute approximate surface area is 78.8 Å². The van der Waals surface area contributed by atoms with E-state index in [0.717, 1.165) is 13.0 Å². The molecular formula is C9H17NOS. The SMILES string of the molecule is C=CC(=O)NCCC(C)(C)SC. The van der Waals surface area contributed by atoms with Gasteiger partial charge in [0.05, 0.1) is 0 Å². The van der Waals surface area contributed by atoms with Gasteiger partial charge in [-0.15, -0.1) is 0 Å². The first-order valence-electron chi connectivity index (χ1n) is 3.97. The summed E-state index contributed by atoms with van der Waals surface area (Å²) in [6.45, 7) is 8.43. The second kappa shape index (κ2) is 5.25. The molecule has 12 heavy (non-hydrogen) atoms. The van der Waals surface area contributed by atoms with Crippen molar-refractivity contribution in [1.82, 2.24) is 5.32 Å². The van der Waals surface area contributed by atoms with Gasteiger partial charge in [0.2, 0.25) is 5.91 Å². The number of nitrogens with one attached hydrogen (secondary N) is 1. The molecule has 0 saturated carbocycles. The van der Waals surface area contributed by atoms with Gasteiger partial charge in [-0.25, -0.2) is 0 Å². The van der Waals surface area contributed by atoms with Gasteiger partial charge in [-0.1, -0.05) is 20.4 Å². The summed E-state index contributed by atoms with van der Waals surface area (Å²) in [5, 5.41) is 2.75. The lowest BCUT2D eigenvalue weighted by molar-refractivity contribution is -0.116. The van der Waals surface area contributed by atoms with Crippen molar-refractivity contribution in [2.75, 3.05) is 12.8 Å². The van der Waals surface area contributed by atoms with E-state index in [0.29, 0.717) is 0 Å². The molecular weight excluding hydrogens is 170 g/mol. The van der Waals surface area contributed by atoms with Crippen LogP contribution in [0, 0.1) is 0 Å². The van der Waals surface area contributed by atoms with Crippen LogP contribution in [0.25, 0.3) is 0 Å². The van der Waals surface area contributed by atoms with E-state index in [1.54, 1.807) is 0 Å². The number of carbonyl (C=O) groups is 1. The fourth-order valence-electron chi connectivity index (χ4n) is 0.661. The summed E-state index contributed by atoms with van der Waals surface area (Å²) >= 11 is 1.81. The Balaban J connectivity index is 3.56. The second-order valence-electron chi connectivity index (χ2n) is 3.21. The topological polar surface area (TPSA) is 29.1 Å². The van der Waals surface area contributed by atoms with Crippen LogP contribution >= 0.6 is 11.8 Å². The lowest BCUT2D eigenvalue weighted by Gasteiger charge is -2.21. The van der Waals surface area contributed by atoms with E-state index in [4.69, 9.17) is 0 Å². The number of carbonyl (C=O) groups excluding carboxylic acids is 1. The quantitative estimate of drug-likeness (QED) is 0.665. The van der Waals surface area contributed by atoms with Crippen molar-refractivity contribution in [3.05, 3.63) is 12.7 Å². The van der Waals surface area contributed by atoms with E-state index in [1.165, 1.54) is 6.08 Å². The lowest BCUT2D eigenvalue weighted by Crippen LogP contribution is -2.27. The Morgan fingerprint density at radius 1 is 1.67 bits per heavy atom. The summed E-state index contributed by atoms with van der Waals surface area (Å²) in [6, 6.07) is 0. The number of amides is 1. The van der Waals surface area contributed by atoms with Crippen LogP contribution in [-0.4, -0.2) is 23.5 Å². The zero-order valence-electron chi connectivity index (χ0n) is 8.02. The molecule has 0 rings (SSSR count). The summed E-state index contributed by atoms with van der Waals surface area (Å²) in [5.41, 5.74) is 0. The molecule has 1 amide bonds. The zero-order chi connectivity index (χ0) is 9.61. The molecule has 0 atom stereocenters. The number of rotatable bonds is 5. The Morgan fingerprint density at radius 2 is 2.25 bits per heavy atom. The minimum Gasteiger partial charge on any atom is -0.353 e. The molecule has 0 radical (unpaired) electrons. The molecule has 0 saturated heterocycles. The van der Waals surface area contributed by atoms with Gasteiger partial charge in [-0.2, -0.15) is 11.8 Å². The Hall–Kier alpha value is -0.440. The predicted molar refractivity (Wildman–Crippen MR) is 55.4 cm³/mol. The van der Waals surface area contributed by atoms with Gasteiger partial charge in [0.15, 0.2) is 0 Å². The van der Waals surface area contributed by atoms with E-state index < -0.39 is 0 Å². The Bertz CT molecular complexity index is 166. The van der Waals surface area contributed by atoms with Crippen molar-refractivity contribution >= 4 is 17.7 Å². The maximum Gasteiger partial charge on any atom is 0.243 e. The van der Waals surface area contributed by atoms with Crippen LogP contribution in [0.1, 0.15) is 20.3 Å². The van der Waals surface area contributed by atoms with Gasteiger partial charge >= 0.3 is 0 Å². The molecule has 0 aliphatic heterocycles. The molecule has 0 aromatic carbocycles. The van der Waals surface area contributed by atoms with Gasteiger partial charge in [0.1, 0.15) is 0 Å². The predicted octanol–water partition coefficient (Wildman–Crippen LogP) is 1.82. The summed E-state index contributed by atoms with van der Waals surface area (Å²) in [6.07, 6.45) is 4.36. The minimum absolute atomic E-state index is 0.0908. The number of hydrogen-bond donors (Lipinski definition) is 1. The first-order chi connectivity index (χ1) is 5.52. The average Bonchev–Trinajstić information content (AvgIpc) is 2.04. The van der Waals surface area contributed by atoms with Crippen molar-refractivity contribution in [1.29, 1.82) is 0 Å². The molecule has 0 heterocycles. The summed E-state index contributed by atoms with van der Waals surface area (Å²) in [4.78, 5) is 10.8. The van der Waals surface area contributed by atoms with Crippen molar-refractivity contribution in [3.63, 3.8) is 0 Å². The number of hydrogen-bond acceptors (Lipinski definition) is 2. The highest BCUT2D eigenvalue weighted by Crippen LogP contribution is 2.24. The van der Waals surface area contributed by atoms with E-state index in [2.05, 4.69) is 32.0 Å². The van der Waals surface area contributed by atoms with Gasteiger partial charge in [-0.05, 0) is 18.8 Å². The molecule has 2 nitrogen and oxygen atoms in total. The van der Waals surface area contributed by atoms with Crippen molar-refractivity contribution < 1.29 is 4.79 Å². The fourth-order valence-corrected chi connectivity index (χ4v) is 0.967. The zero-order valence-corrected chi connectivity index (χ0v) is 8.83. The van der Waals surface area contributed by atoms with E-state index in [1.807, 2.05) is 11.8 Å². The van der Waals surface area contributed by atoms with E-state index >= 15 is 0 Å². The van der Waals surface area contributed by atoms with Crippen LogP contribution in [0.5, 0.6) is 0 Å². The van der Waals surface area contributed by atoms with Crippen LogP contribution in [0.2, 0.25) is 0 Å². The van der Waals surface area contributed by atoms with Gasteiger partial charge in [-0.3, -0.25) is 4.79 Å². The molecule has 0 spiro atoms. The average molecular weight is 187 g/mol. The van der Waals surface area contributed by atoms with Crippen LogP contribution in [-0.2, 0) is 4.79 Å².